The molecule has 0 unspecified atom stereocenters. The van der Waals surface area contributed by atoms with E-state index in [0.29, 0.717) is 5.33 Å². The van der Waals surface area contributed by atoms with Crippen LogP contribution in [0.15, 0.2) is 41.3 Å². The largest absolute Gasteiger partial charge is 0.328 e. The van der Waals surface area contributed by atoms with E-state index >= 15 is 0 Å². The van der Waals surface area contributed by atoms with Gasteiger partial charge in [-0.15, -0.1) is 0 Å². The molecule has 0 spiro atoms. The summed E-state index contributed by atoms with van der Waals surface area (Å²) in [7, 11) is 0. The Bertz CT molecular complexity index is 565. The Labute approximate surface area is 100 Å². The van der Waals surface area contributed by atoms with Gasteiger partial charge in [0, 0.05) is 23.2 Å². The van der Waals surface area contributed by atoms with E-state index in [4.69, 9.17) is 0 Å². The molecule has 1 N–H and O–H groups in total. The molecule has 2 rings (SSSR count). The lowest BCUT2D eigenvalue weighted by Crippen LogP contribution is -2.05. The third-order valence-electron chi connectivity index (χ3n) is 2.29. The van der Waals surface area contributed by atoms with Crippen LogP contribution in [-0.2, 0) is 5.33 Å². The number of hydrogen-bond donors (Lipinski definition) is 1. The van der Waals surface area contributed by atoms with E-state index in [0.717, 1.165) is 16.7 Å². The Morgan fingerprint density at radius 2 is 2.12 bits per heavy atom. The standard InChI is InChI=1S/C12H9BrFNO/c13-6-9-5-12(16)15-7-11(9)8-2-1-3-10(14)4-8/h1-5,7H,6H2,(H,15,16). The molecule has 1 aromatic carbocycles. The second kappa shape index (κ2) is 4.61. The van der Waals surface area contributed by atoms with Crippen molar-refractivity contribution >= 4 is 15.9 Å². The van der Waals surface area contributed by atoms with Gasteiger partial charge in [0.25, 0.3) is 0 Å². The molecule has 82 valence electrons. The van der Waals surface area contributed by atoms with Gasteiger partial charge in [-0.25, -0.2) is 4.39 Å². The zero-order valence-electron chi connectivity index (χ0n) is 8.34. The molecule has 0 aliphatic rings. The van der Waals surface area contributed by atoms with Gasteiger partial charge in [-0.05, 0) is 23.3 Å². The molecule has 0 fully saturated rings. The summed E-state index contributed by atoms with van der Waals surface area (Å²) >= 11 is 3.31. The van der Waals surface area contributed by atoms with Crippen LogP contribution in [0.5, 0.6) is 0 Å². The lowest BCUT2D eigenvalue weighted by Gasteiger charge is -2.06. The van der Waals surface area contributed by atoms with Crippen LogP contribution in [0.2, 0.25) is 0 Å². The van der Waals surface area contributed by atoms with E-state index in [9.17, 15) is 9.18 Å². The molecule has 0 aliphatic carbocycles. The van der Waals surface area contributed by atoms with Crippen molar-refractivity contribution in [3.8, 4) is 11.1 Å². The van der Waals surface area contributed by atoms with Crippen molar-refractivity contribution in [3.63, 3.8) is 0 Å². The van der Waals surface area contributed by atoms with Crippen molar-refractivity contribution in [2.45, 2.75) is 5.33 Å². The lowest BCUT2D eigenvalue weighted by atomic mass is 10.0. The van der Waals surface area contributed by atoms with Crippen LogP contribution in [0.1, 0.15) is 5.56 Å². The molecule has 16 heavy (non-hydrogen) atoms. The Hall–Kier alpha value is -1.42. The number of halogens is 2. The maximum atomic E-state index is 13.1. The molecule has 0 amide bonds. The predicted octanol–water partition coefficient (Wildman–Crippen LogP) is 3.08. The molecule has 1 heterocycles. The highest BCUT2D eigenvalue weighted by atomic mass is 79.9. The predicted molar refractivity (Wildman–Crippen MR) is 65.1 cm³/mol. The minimum absolute atomic E-state index is 0.158. The van der Waals surface area contributed by atoms with E-state index in [1.165, 1.54) is 18.2 Å². The van der Waals surface area contributed by atoms with E-state index in [2.05, 4.69) is 20.9 Å². The first-order chi connectivity index (χ1) is 7.70. The molecule has 0 saturated heterocycles. The fraction of sp³-hybridized carbons (Fsp3) is 0.0833. The minimum atomic E-state index is -0.288. The summed E-state index contributed by atoms with van der Waals surface area (Å²) in [5.74, 6) is -0.288. The average molecular weight is 282 g/mol. The van der Waals surface area contributed by atoms with Crippen molar-refractivity contribution in [1.29, 1.82) is 0 Å². The summed E-state index contributed by atoms with van der Waals surface area (Å²) in [6.07, 6.45) is 1.60. The second-order valence-corrected chi connectivity index (χ2v) is 3.94. The first-order valence-electron chi connectivity index (χ1n) is 4.74. The number of benzene rings is 1. The number of aromatic nitrogens is 1. The van der Waals surface area contributed by atoms with Crippen molar-refractivity contribution in [2.24, 2.45) is 0 Å². The first kappa shape index (κ1) is 11.1. The van der Waals surface area contributed by atoms with E-state index in [1.807, 2.05) is 6.07 Å². The van der Waals surface area contributed by atoms with Gasteiger partial charge in [0.15, 0.2) is 0 Å². The van der Waals surface area contributed by atoms with Crippen LogP contribution in [0, 0.1) is 5.82 Å². The molecule has 0 atom stereocenters. The summed E-state index contributed by atoms with van der Waals surface area (Å²) in [5.41, 5.74) is 2.27. The zero-order chi connectivity index (χ0) is 11.5. The second-order valence-electron chi connectivity index (χ2n) is 3.38. The molecule has 4 heteroatoms. The number of hydrogen-bond acceptors (Lipinski definition) is 1. The first-order valence-corrected chi connectivity index (χ1v) is 5.86. The Morgan fingerprint density at radius 1 is 1.31 bits per heavy atom. The molecule has 0 saturated carbocycles. The van der Waals surface area contributed by atoms with Crippen molar-refractivity contribution in [2.75, 3.05) is 0 Å². The summed E-state index contributed by atoms with van der Waals surface area (Å²) in [4.78, 5) is 13.7. The molecule has 0 radical (unpaired) electrons. The fourth-order valence-electron chi connectivity index (χ4n) is 1.55. The van der Waals surface area contributed by atoms with Gasteiger partial charge < -0.3 is 4.98 Å². The van der Waals surface area contributed by atoms with Gasteiger partial charge in [-0.2, -0.15) is 0 Å². The molecule has 2 aromatic rings. The van der Waals surface area contributed by atoms with Crippen LogP contribution < -0.4 is 5.56 Å². The number of pyridine rings is 1. The highest BCUT2D eigenvalue weighted by molar-refractivity contribution is 9.08. The van der Waals surface area contributed by atoms with Gasteiger partial charge >= 0.3 is 0 Å². The maximum Gasteiger partial charge on any atom is 0.248 e. The van der Waals surface area contributed by atoms with E-state index in [-0.39, 0.29) is 11.4 Å². The van der Waals surface area contributed by atoms with Gasteiger partial charge in [-0.3, -0.25) is 4.79 Å². The highest BCUT2D eigenvalue weighted by Gasteiger charge is 2.05. The van der Waals surface area contributed by atoms with Crippen molar-refractivity contribution in [3.05, 3.63) is 58.3 Å². The third kappa shape index (κ3) is 2.22. The van der Waals surface area contributed by atoms with Crippen LogP contribution in [0.4, 0.5) is 4.39 Å². The lowest BCUT2D eigenvalue weighted by molar-refractivity contribution is 0.628. The topological polar surface area (TPSA) is 32.9 Å². The molecular weight excluding hydrogens is 273 g/mol. The molecule has 0 bridgehead atoms. The SMILES string of the molecule is O=c1cc(CBr)c(-c2cccc(F)c2)c[nH]1. The molecule has 1 aromatic heterocycles. The molecule has 2 nitrogen and oxygen atoms in total. The zero-order valence-corrected chi connectivity index (χ0v) is 9.92. The van der Waals surface area contributed by atoms with E-state index in [1.54, 1.807) is 12.3 Å². The Morgan fingerprint density at radius 3 is 2.81 bits per heavy atom. The Kier molecular flexibility index (Phi) is 3.19. The van der Waals surface area contributed by atoms with Gasteiger partial charge in [0.05, 0.1) is 0 Å². The maximum absolute atomic E-state index is 13.1. The quantitative estimate of drug-likeness (QED) is 0.844. The van der Waals surface area contributed by atoms with Gasteiger partial charge in [0.2, 0.25) is 5.56 Å². The normalized spacial score (nSPS) is 10.4. The molecule has 0 aliphatic heterocycles. The number of H-pyrrole nitrogens is 1. The summed E-state index contributed by atoms with van der Waals surface area (Å²) < 4.78 is 13.1. The number of nitrogens with one attached hydrogen (secondary N) is 1. The van der Waals surface area contributed by atoms with Crippen LogP contribution in [-0.4, -0.2) is 4.98 Å². The Balaban J connectivity index is 2.59. The number of alkyl halides is 1. The van der Waals surface area contributed by atoms with Crippen LogP contribution in [0.3, 0.4) is 0 Å². The van der Waals surface area contributed by atoms with Crippen LogP contribution >= 0.6 is 15.9 Å². The monoisotopic (exact) mass is 281 g/mol. The smallest absolute Gasteiger partial charge is 0.248 e. The fourth-order valence-corrected chi connectivity index (χ4v) is 2.01. The summed E-state index contributed by atoms with van der Waals surface area (Å²) in [6.45, 7) is 0. The van der Waals surface area contributed by atoms with Gasteiger partial charge in [-0.1, -0.05) is 28.1 Å². The number of rotatable bonds is 2. The highest BCUT2D eigenvalue weighted by Crippen LogP contribution is 2.23. The average Bonchev–Trinajstić information content (AvgIpc) is 2.28. The van der Waals surface area contributed by atoms with Gasteiger partial charge in [0.1, 0.15) is 5.82 Å². The number of aromatic amines is 1. The third-order valence-corrected chi connectivity index (χ3v) is 2.89. The molecular formula is C12H9BrFNO. The minimum Gasteiger partial charge on any atom is -0.328 e. The van der Waals surface area contributed by atoms with Crippen molar-refractivity contribution < 1.29 is 4.39 Å². The van der Waals surface area contributed by atoms with Crippen molar-refractivity contribution in [1.82, 2.24) is 4.98 Å². The summed E-state index contributed by atoms with van der Waals surface area (Å²) in [6, 6.07) is 7.80. The summed E-state index contributed by atoms with van der Waals surface area (Å²) in [5, 5.41) is 0.558. The van der Waals surface area contributed by atoms with Crippen LogP contribution in [0.25, 0.3) is 11.1 Å². The van der Waals surface area contributed by atoms with E-state index < -0.39 is 0 Å².